The number of esters is 1. The molecule has 2 heterocycles. The fourth-order valence-electron chi connectivity index (χ4n) is 2.96. The van der Waals surface area contributed by atoms with Crippen molar-refractivity contribution in [3.05, 3.63) is 64.8 Å². The second-order valence-electron chi connectivity index (χ2n) is 6.75. The molecular weight excluding hydrogens is 448 g/mol. The number of benzene rings is 1. The summed E-state index contributed by atoms with van der Waals surface area (Å²) in [6.07, 6.45) is 2.36. The van der Waals surface area contributed by atoms with E-state index in [9.17, 15) is 9.59 Å². The third kappa shape index (κ3) is 5.77. The van der Waals surface area contributed by atoms with Gasteiger partial charge >= 0.3 is 5.97 Å². The molecule has 8 nitrogen and oxygen atoms in total. The molecule has 3 aromatic rings. The minimum atomic E-state index is -0.480. The van der Waals surface area contributed by atoms with Gasteiger partial charge in [0.15, 0.2) is 5.16 Å². The van der Waals surface area contributed by atoms with Crippen LogP contribution in [0.1, 0.15) is 26.6 Å². The van der Waals surface area contributed by atoms with Gasteiger partial charge in [-0.25, -0.2) is 4.79 Å². The number of carbonyl (C=O) groups is 2. The van der Waals surface area contributed by atoms with E-state index in [1.807, 2.05) is 35.8 Å². The van der Waals surface area contributed by atoms with Crippen molar-refractivity contribution in [1.82, 2.24) is 14.8 Å². The molecule has 0 fully saturated rings. The summed E-state index contributed by atoms with van der Waals surface area (Å²) in [6, 6.07) is 9.46. The predicted octanol–water partition coefficient (Wildman–Crippen LogP) is 3.95. The highest BCUT2D eigenvalue weighted by molar-refractivity contribution is 7.99. The summed E-state index contributed by atoms with van der Waals surface area (Å²) < 4.78 is 11.9. The monoisotopic (exact) mass is 472 g/mol. The normalized spacial score (nSPS) is 10.6. The number of thiophene rings is 1. The SMILES string of the molecule is C=CCn1c(Cc2ccc(OC)cc2)nnc1SCC(=O)Nc1sc(C)cc1C(=O)OC. The zero-order valence-corrected chi connectivity index (χ0v) is 19.7. The van der Waals surface area contributed by atoms with Crippen molar-refractivity contribution in [2.45, 2.75) is 25.0 Å². The van der Waals surface area contributed by atoms with Crippen LogP contribution in [-0.4, -0.2) is 46.6 Å². The summed E-state index contributed by atoms with van der Waals surface area (Å²) in [5.74, 6) is 0.966. The fraction of sp³-hybridized carbons (Fsp3) is 0.273. The number of rotatable bonds is 10. The molecule has 0 aliphatic rings. The highest BCUT2D eigenvalue weighted by Crippen LogP contribution is 2.29. The van der Waals surface area contributed by atoms with Gasteiger partial charge in [0, 0.05) is 17.8 Å². The molecule has 2 aromatic heterocycles. The molecule has 1 aromatic carbocycles. The van der Waals surface area contributed by atoms with Gasteiger partial charge in [-0.1, -0.05) is 30.0 Å². The van der Waals surface area contributed by atoms with Gasteiger partial charge in [-0.3, -0.25) is 4.79 Å². The van der Waals surface area contributed by atoms with Gasteiger partial charge in [-0.05, 0) is 30.7 Å². The third-order valence-corrected chi connectivity index (χ3v) is 6.41. The summed E-state index contributed by atoms with van der Waals surface area (Å²) in [5, 5.41) is 12.5. The number of hydrogen-bond acceptors (Lipinski definition) is 8. The topological polar surface area (TPSA) is 95.3 Å². The predicted molar refractivity (Wildman–Crippen MR) is 126 cm³/mol. The minimum Gasteiger partial charge on any atom is -0.497 e. The second kappa shape index (κ2) is 11.0. The molecule has 10 heteroatoms. The number of methoxy groups -OCH3 is 2. The van der Waals surface area contributed by atoms with Crippen LogP contribution in [0.4, 0.5) is 5.00 Å². The number of thioether (sulfide) groups is 1. The van der Waals surface area contributed by atoms with Crippen LogP contribution in [0.2, 0.25) is 0 Å². The highest BCUT2D eigenvalue weighted by Gasteiger charge is 2.19. The molecule has 0 spiro atoms. The van der Waals surface area contributed by atoms with Gasteiger partial charge in [0.25, 0.3) is 0 Å². The Morgan fingerprint density at radius 2 is 2.00 bits per heavy atom. The maximum Gasteiger partial charge on any atom is 0.340 e. The van der Waals surface area contributed by atoms with Crippen molar-refractivity contribution >= 4 is 40.0 Å². The van der Waals surface area contributed by atoms with Crippen molar-refractivity contribution in [1.29, 1.82) is 0 Å². The van der Waals surface area contributed by atoms with Crippen molar-refractivity contribution in [3.8, 4) is 5.75 Å². The summed E-state index contributed by atoms with van der Waals surface area (Å²) in [5.41, 5.74) is 1.42. The van der Waals surface area contributed by atoms with Crippen molar-refractivity contribution in [2.24, 2.45) is 0 Å². The zero-order valence-electron chi connectivity index (χ0n) is 18.1. The number of anilines is 1. The average molecular weight is 473 g/mol. The Balaban J connectivity index is 1.67. The molecule has 3 rings (SSSR count). The number of aromatic nitrogens is 3. The lowest BCUT2D eigenvalue weighted by atomic mass is 10.1. The number of nitrogens with zero attached hydrogens (tertiary/aromatic N) is 3. The summed E-state index contributed by atoms with van der Waals surface area (Å²) in [6.45, 7) is 6.20. The number of hydrogen-bond donors (Lipinski definition) is 1. The number of nitrogens with one attached hydrogen (secondary N) is 1. The largest absolute Gasteiger partial charge is 0.497 e. The second-order valence-corrected chi connectivity index (χ2v) is 8.95. The molecule has 1 amide bonds. The van der Waals surface area contributed by atoms with Gasteiger partial charge in [-0.2, -0.15) is 0 Å². The number of amides is 1. The molecular formula is C22H24N4O4S2. The van der Waals surface area contributed by atoms with Crippen LogP contribution >= 0.6 is 23.1 Å². The highest BCUT2D eigenvalue weighted by atomic mass is 32.2. The Morgan fingerprint density at radius 3 is 2.66 bits per heavy atom. The number of aryl methyl sites for hydroxylation is 1. The van der Waals surface area contributed by atoms with E-state index < -0.39 is 5.97 Å². The van der Waals surface area contributed by atoms with Crippen molar-refractivity contribution < 1.29 is 19.1 Å². The molecule has 0 radical (unpaired) electrons. The molecule has 168 valence electrons. The fourth-order valence-corrected chi connectivity index (χ4v) is 4.64. The summed E-state index contributed by atoms with van der Waals surface area (Å²) >= 11 is 2.61. The number of allylic oxidation sites excluding steroid dienone is 1. The van der Waals surface area contributed by atoms with E-state index in [-0.39, 0.29) is 11.7 Å². The lowest BCUT2D eigenvalue weighted by molar-refractivity contribution is -0.113. The Bertz CT molecular complexity index is 1110. The summed E-state index contributed by atoms with van der Waals surface area (Å²) in [4.78, 5) is 25.3. The Kier molecular flexibility index (Phi) is 8.07. The van der Waals surface area contributed by atoms with E-state index in [4.69, 9.17) is 9.47 Å². The van der Waals surface area contributed by atoms with Gasteiger partial charge in [0.1, 0.15) is 16.6 Å². The lowest BCUT2D eigenvalue weighted by Crippen LogP contribution is -2.16. The molecule has 0 saturated carbocycles. The molecule has 0 aliphatic carbocycles. The van der Waals surface area contributed by atoms with E-state index in [0.29, 0.717) is 28.7 Å². The Morgan fingerprint density at radius 1 is 1.25 bits per heavy atom. The minimum absolute atomic E-state index is 0.120. The Labute approximate surface area is 194 Å². The van der Waals surface area contributed by atoms with Crippen LogP contribution in [0.25, 0.3) is 0 Å². The first-order chi connectivity index (χ1) is 15.4. The molecule has 32 heavy (non-hydrogen) atoms. The molecule has 0 unspecified atom stereocenters. The quantitative estimate of drug-likeness (QED) is 0.271. The van der Waals surface area contributed by atoms with E-state index in [1.165, 1.54) is 30.2 Å². The van der Waals surface area contributed by atoms with Crippen LogP contribution in [0.5, 0.6) is 5.75 Å². The van der Waals surface area contributed by atoms with E-state index in [0.717, 1.165) is 22.0 Å². The molecule has 0 bridgehead atoms. The molecule has 0 atom stereocenters. The Hall–Kier alpha value is -3.11. The zero-order chi connectivity index (χ0) is 23.1. The van der Waals surface area contributed by atoms with Crippen LogP contribution in [-0.2, 0) is 22.5 Å². The van der Waals surface area contributed by atoms with Crippen molar-refractivity contribution in [2.75, 3.05) is 25.3 Å². The van der Waals surface area contributed by atoms with E-state index in [2.05, 4.69) is 22.1 Å². The standard InChI is InChI=1S/C22H24N4O4S2/c1-5-10-26-18(12-15-6-8-16(29-3)9-7-15)24-25-22(26)31-13-19(27)23-20-17(21(28)30-4)11-14(2)32-20/h5-9,11H,1,10,12-13H2,2-4H3,(H,23,27). The maximum atomic E-state index is 12.5. The number of carbonyl (C=O) groups excluding carboxylic acids is 2. The van der Waals surface area contributed by atoms with E-state index >= 15 is 0 Å². The van der Waals surface area contributed by atoms with Gasteiger partial charge in [0.2, 0.25) is 5.91 Å². The first-order valence-corrected chi connectivity index (χ1v) is 11.5. The molecule has 1 N–H and O–H groups in total. The lowest BCUT2D eigenvalue weighted by Gasteiger charge is -2.09. The van der Waals surface area contributed by atoms with Gasteiger partial charge in [-0.15, -0.1) is 28.1 Å². The van der Waals surface area contributed by atoms with Gasteiger partial charge in [0.05, 0.1) is 25.5 Å². The average Bonchev–Trinajstić information content (AvgIpc) is 3.35. The van der Waals surface area contributed by atoms with Gasteiger partial charge < -0.3 is 19.4 Å². The summed E-state index contributed by atoms with van der Waals surface area (Å²) in [7, 11) is 2.94. The van der Waals surface area contributed by atoms with Crippen LogP contribution in [0.3, 0.4) is 0 Å². The van der Waals surface area contributed by atoms with E-state index in [1.54, 1.807) is 19.3 Å². The van der Waals surface area contributed by atoms with Crippen molar-refractivity contribution in [3.63, 3.8) is 0 Å². The van der Waals surface area contributed by atoms with Crippen LogP contribution in [0.15, 0.2) is 48.1 Å². The molecule has 0 aliphatic heterocycles. The number of ether oxygens (including phenoxy) is 2. The maximum absolute atomic E-state index is 12.5. The third-order valence-electron chi connectivity index (χ3n) is 4.47. The molecule has 0 saturated heterocycles. The van der Waals surface area contributed by atoms with Crippen LogP contribution < -0.4 is 10.1 Å². The smallest absolute Gasteiger partial charge is 0.340 e. The first kappa shape index (κ1) is 23.6. The first-order valence-electron chi connectivity index (χ1n) is 9.72. The van der Waals surface area contributed by atoms with Crippen LogP contribution in [0, 0.1) is 6.92 Å².